The van der Waals surface area contributed by atoms with Crippen molar-refractivity contribution in [3.63, 3.8) is 0 Å². The number of benzene rings is 1. The zero-order valence-electron chi connectivity index (χ0n) is 16.7. The summed E-state index contributed by atoms with van der Waals surface area (Å²) in [5.41, 5.74) is 2.34. The van der Waals surface area contributed by atoms with Gasteiger partial charge in [0.2, 0.25) is 5.56 Å². The average Bonchev–Trinajstić information content (AvgIpc) is 3.40. The van der Waals surface area contributed by atoms with E-state index in [2.05, 4.69) is 10.2 Å². The lowest BCUT2D eigenvalue weighted by molar-refractivity contribution is 0.0789. The number of nitrogens with one attached hydrogen (secondary N) is 1. The third kappa shape index (κ3) is 4.41. The number of para-hydroxylation sites is 1. The first-order valence-electron chi connectivity index (χ1n) is 9.89. The normalized spacial score (nSPS) is 16.1. The van der Waals surface area contributed by atoms with Crippen LogP contribution in [0.3, 0.4) is 0 Å². The molecule has 1 N–H and O–H groups in total. The monoisotopic (exact) mass is 426 g/mol. The Morgan fingerprint density at radius 3 is 2.93 bits per heavy atom. The number of pyridine rings is 1. The highest BCUT2D eigenvalue weighted by atomic mass is 35.5. The molecule has 0 aliphatic carbocycles. The van der Waals surface area contributed by atoms with E-state index in [1.165, 1.54) is 10.6 Å². The number of aromatic amines is 1. The molecule has 1 atom stereocenters. The van der Waals surface area contributed by atoms with Gasteiger partial charge in [0, 0.05) is 50.4 Å². The zero-order valence-corrected chi connectivity index (χ0v) is 17.4. The number of ether oxygens (including phenoxy) is 1. The minimum atomic E-state index is -0.131. The molecule has 0 bridgehead atoms. The second-order valence-electron chi connectivity index (χ2n) is 7.45. The lowest BCUT2D eigenvalue weighted by Gasteiger charge is -2.16. The molecule has 0 radical (unpaired) electrons. The maximum atomic E-state index is 12.8. The minimum Gasteiger partial charge on any atom is -0.492 e. The maximum Gasteiger partial charge on any atom is 0.255 e. The van der Waals surface area contributed by atoms with E-state index in [0.29, 0.717) is 42.5 Å². The Kier molecular flexibility index (Phi) is 5.90. The Hall–Kier alpha value is -3.06. The summed E-state index contributed by atoms with van der Waals surface area (Å²) in [6, 6.07) is 12.4. The van der Waals surface area contributed by atoms with E-state index in [-0.39, 0.29) is 17.4 Å². The molecule has 0 saturated carbocycles. The molecular formula is C22H23ClN4O3. The van der Waals surface area contributed by atoms with Crippen molar-refractivity contribution in [3.8, 4) is 5.75 Å². The van der Waals surface area contributed by atoms with Gasteiger partial charge in [0.15, 0.2) is 0 Å². The van der Waals surface area contributed by atoms with Crippen LogP contribution in [0.5, 0.6) is 5.75 Å². The fourth-order valence-electron chi connectivity index (χ4n) is 3.64. The summed E-state index contributed by atoms with van der Waals surface area (Å²) in [7, 11) is 1.65. The molecule has 3 aromatic rings. The Labute approximate surface area is 179 Å². The summed E-state index contributed by atoms with van der Waals surface area (Å²) in [4.78, 5) is 26.1. The van der Waals surface area contributed by atoms with Crippen LogP contribution in [0, 0.1) is 0 Å². The highest BCUT2D eigenvalue weighted by molar-refractivity contribution is 6.32. The molecule has 1 amide bonds. The van der Waals surface area contributed by atoms with Gasteiger partial charge in [-0.3, -0.25) is 14.7 Å². The summed E-state index contributed by atoms with van der Waals surface area (Å²) in [6.07, 6.45) is 3.13. The number of hydrogen-bond donors (Lipinski definition) is 1. The van der Waals surface area contributed by atoms with Gasteiger partial charge in [0.1, 0.15) is 5.75 Å². The van der Waals surface area contributed by atoms with Crippen molar-refractivity contribution in [2.75, 3.05) is 19.7 Å². The summed E-state index contributed by atoms with van der Waals surface area (Å²) >= 11 is 6.10. The van der Waals surface area contributed by atoms with Gasteiger partial charge in [-0.05, 0) is 30.7 Å². The third-order valence-electron chi connectivity index (χ3n) is 5.34. The van der Waals surface area contributed by atoms with Gasteiger partial charge in [-0.25, -0.2) is 0 Å². The summed E-state index contributed by atoms with van der Waals surface area (Å²) in [6.45, 7) is 1.78. The Morgan fingerprint density at radius 1 is 1.30 bits per heavy atom. The summed E-state index contributed by atoms with van der Waals surface area (Å²) < 4.78 is 7.16. The largest absolute Gasteiger partial charge is 0.492 e. The highest BCUT2D eigenvalue weighted by Crippen LogP contribution is 2.27. The molecule has 1 saturated heterocycles. The Morgan fingerprint density at radius 2 is 2.13 bits per heavy atom. The second kappa shape index (κ2) is 8.75. The molecule has 7 nitrogen and oxygen atoms in total. The van der Waals surface area contributed by atoms with Gasteiger partial charge < -0.3 is 14.2 Å². The van der Waals surface area contributed by atoms with Crippen molar-refractivity contribution < 1.29 is 9.53 Å². The van der Waals surface area contributed by atoms with Crippen LogP contribution in [0.25, 0.3) is 0 Å². The van der Waals surface area contributed by atoms with Crippen molar-refractivity contribution in [1.82, 2.24) is 19.7 Å². The topological polar surface area (TPSA) is 80.2 Å². The molecule has 1 aliphatic rings. The number of carbonyl (C=O) groups excluding carboxylic acids is 1. The predicted molar refractivity (Wildman–Crippen MR) is 114 cm³/mol. The van der Waals surface area contributed by atoms with Crippen molar-refractivity contribution in [3.05, 3.63) is 81.0 Å². The van der Waals surface area contributed by atoms with E-state index in [0.717, 1.165) is 17.8 Å². The Bertz CT molecular complexity index is 1110. The zero-order chi connectivity index (χ0) is 21.1. The molecule has 1 fully saturated rings. The smallest absolute Gasteiger partial charge is 0.255 e. The number of H-pyrrole nitrogens is 1. The summed E-state index contributed by atoms with van der Waals surface area (Å²) in [5, 5.41) is 8.11. The first kappa shape index (κ1) is 20.2. The van der Waals surface area contributed by atoms with Crippen LogP contribution in [0.4, 0.5) is 0 Å². The number of halogens is 1. The van der Waals surface area contributed by atoms with Crippen molar-refractivity contribution >= 4 is 17.5 Å². The molecule has 8 heteroatoms. The number of rotatable bonds is 6. The number of amides is 1. The molecule has 0 unspecified atom stereocenters. The Balaban J connectivity index is 1.33. The first-order valence-corrected chi connectivity index (χ1v) is 10.3. The molecule has 3 heterocycles. The van der Waals surface area contributed by atoms with Gasteiger partial charge in [-0.2, -0.15) is 5.10 Å². The number of aryl methyl sites for hydroxylation is 1. The first-order chi connectivity index (χ1) is 14.5. The molecule has 1 aromatic carbocycles. The average molecular weight is 427 g/mol. The van der Waals surface area contributed by atoms with Crippen molar-refractivity contribution in [2.24, 2.45) is 7.05 Å². The molecule has 156 valence electrons. The van der Waals surface area contributed by atoms with E-state index < -0.39 is 0 Å². The molecule has 4 rings (SSSR count). The van der Waals surface area contributed by atoms with Crippen LogP contribution in [-0.2, 0) is 13.5 Å². The SMILES string of the molecule is Cn1cc(C(=O)N2CC[C@H](c3cc(CCOc4ccccc4Cl)[nH]n3)C2)ccc1=O. The van der Waals surface area contributed by atoms with E-state index in [9.17, 15) is 9.59 Å². The van der Waals surface area contributed by atoms with Gasteiger partial charge in [0.05, 0.1) is 22.9 Å². The molecule has 30 heavy (non-hydrogen) atoms. The molecule has 1 aliphatic heterocycles. The van der Waals surface area contributed by atoms with Gasteiger partial charge in [-0.15, -0.1) is 0 Å². The van der Waals surface area contributed by atoms with Gasteiger partial charge >= 0.3 is 0 Å². The quantitative estimate of drug-likeness (QED) is 0.657. The van der Waals surface area contributed by atoms with Crippen molar-refractivity contribution in [1.29, 1.82) is 0 Å². The molecule has 2 aromatic heterocycles. The highest BCUT2D eigenvalue weighted by Gasteiger charge is 2.29. The van der Waals surface area contributed by atoms with E-state index in [4.69, 9.17) is 16.3 Å². The molecular weight excluding hydrogens is 404 g/mol. The lowest BCUT2D eigenvalue weighted by Crippen LogP contribution is -2.29. The van der Waals surface area contributed by atoms with Crippen LogP contribution in [0.2, 0.25) is 5.02 Å². The number of hydrogen-bond acceptors (Lipinski definition) is 4. The van der Waals surface area contributed by atoms with Gasteiger partial charge in [0.25, 0.3) is 5.91 Å². The number of likely N-dealkylation sites (tertiary alicyclic amines) is 1. The van der Waals surface area contributed by atoms with Gasteiger partial charge in [-0.1, -0.05) is 23.7 Å². The van der Waals surface area contributed by atoms with Crippen LogP contribution in [-0.4, -0.2) is 45.3 Å². The minimum absolute atomic E-state index is 0.0583. The van der Waals surface area contributed by atoms with Crippen LogP contribution in [0.15, 0.2) is 53.5 Å². The maximum absolute atomic E-state index is 12.8. The predicted octanol–water partition coefficient (Wildman–Crippen LogP) is 3.01. The lowest BCUT2D eigenvalue weighted by atomic mass is 10.0. The van der Waals surface area contributed by atoms with E-state index in [1.54, 1.807) is 25.4 Å². The van der Waals surface area contributed by atoms with Crippen LogP contribution in [0.1, 0.15) is 34.1 Å². The number of aromatic nitrogens is 3. The second-order valence-corrected chi connectivity index (χ2v) is 7.86. The van der Waals surface area contributed by atoms with Crippen molar-refractivity contribution in [2.45, 2.75) is 18.8 Å². The van der Waals surface area contributed by atoms with E-state index >= 15 is 0 Å². The van der Waals surface area contributed by atoms with Crippen LogP contribution < -0.4 is 10.3 Å². The molecule has 0 spiro atoms. The standard InChI is InChI=1S/C22H23ClN4O3/c1-26-13-16(6-7-21(26)28)22(29)27-10-8-15(14-27)19-12-17(24-25-19)9-11-30-20-5-3-2-4-18(20)23/h2-7,12-13,15H,8-11,14H2,1H3,(H,24,25)/t15-/m0/s1. The van der Waals surface area contributed by atoms with Crippen LogP contribution >= 0.6 is 11.6 Å². The summed E-state index contributed by atoms with van der Waals surface area (Å²) in [5.74, 6) is 0.801. The fraction of sp³-hybridized carbons (Fsp3) is 0.318. The number of nitrogens with zero attached hydrogens (tertiary/aromatic N) is 3. The number of carbonyl (C=O) groups is 1. The third-order valence-corrected chi connectivity index (χ3v) is 5.66. The van der Waals surface area contributed by atoms with E-state index in [1.807, 2.05) is 29.2 Å². The fourth-order valence-corrected chi connectivity index (χ4v) is 3.83.